The highest BCUT2D eigenvalue weighted by atomic mass is 32.2. The first-order valence-corrected chi connectivity index (χ1v) is 10.9. The minimum atomic E-state index is -3.65. The lowest BCUT2D eigenvalue weighted by Crippen LogP contribution is -2.45. The van der Waals surface area contributed by atoms with Crippen molar-refractivity contribution in [3.05, 3.63) is 54.6 Å². The van der Waals surface area contributed by atoms with Crippen molar-refractivity contribution in [2.24, 2.45) is 0 Å². The lowest BCUT2D eigenvalue weighted by atomic mass is 10.2. The molecule has 3 rings (SSSR count). The van der Waals surface area contributed by atoms with Crippen LogP contribution in [-0.4, -0.2) is 39.1 Å². The van der Waals surface area contributed by atoms with E-state index in [0.717, 1.165) is 22.7 Å². The molecule has 1 heterocycles. The van der Waals surface area contributed by atoms with Gasteiger partial charge in [-0.1, -0.05) is 18.2 Å². The van der Waals surface area contributed by atoms with E-state index in [0.29, 0.717) is 24.3 Å². The summed E-state index contributed by atoms with van der Waals surface area (Å²) in [6.07, 6.45) is 2.47. The molecule has 0 spiro atoms. The van der Waals surface area contributed by atoms with Gasteiger partial charge in [0.15, 0.2) is 0 Å². The quantitative estimate of drug-likeness (QED) is 0.806. The molecule has 1 aliphatic rings. The fraction of sp³-hybridized carbons (Fsp3) is 0.300. The van der Waals surface area contributed by atoms with Gasteiger partial charge in [-0.3, -0.25) is 13.9 Å². The minimum Gasteiger partial charge on any atom is -0.324 e. The van der Waals surface area contributed by atoms with Crippen LogP contribution in [0.15, 0.2) is 54.6 Å². The third-order valence-corrected chi connectivity index (χ3v) is 5.86. The summed E-state index contributed by atoms with van der Waals surface area (Å²) in [5, 5.41) is 2.74. The predicted molar refractivity (Wildman–Crippen MR) is 110 cm³/mol. The number of amides is 2. The molecule has 2 amide bonds. The summed E-state index contributed by atoms with van der Waals surface area (Å²) in [4.78, 5) is 26.2. The van der Waals surface area contributed by atoms with Crippen molar-refractivity contribution in [2.75, 3.05) is 27.3 Å². The van der Waals surface area contributed by atoms with Crippen LogP contribution in [0.5, 0.6) is 0 Å². The van der Waals surface area contributed by atoms with E-state index in [1.54, 1.807) is 66.4 Å². The Balaban J connectivity index is 1.75. The average Bonchev–Trinajstić information content (AvgIpc) is 3.08. The molecular weight excluding hydrogens is 378 g/mol. The van der Waals surface area contributed by atoms with E-state index in [1.807, 2.05) is 0 Å². The Morgan fingerprint density at radius 1 is 1.11 bits per heavy atom. The Kier molecular flexibility index (Phi) is 5.69. The summed E-state index contributed by atoms with van der Waals surface area (Å²) < 4.78 is 25.6. The van der Waals surface area contributed by atoms with Crippen LogP contribution in [0.25, 0.3) is 0 Å². The Hall–Kier alpha value is -2.87. The Morgan fingerprint density at radius 3 is 2.29 bits per heavy atom. The highest BCUT2D eigenvalue weighted by Gasteiger charge is 2.29. The van der Waals surface area contributed by atoms with Crippen molar-refractivity contribution in [3.63, 3.8) is 0 Å². The SMILES string of the molecule is CC(C(=O)Nc1ccc(N2CCCC2=O)cc1)N(c1ccccc1)S(C)(=O)=O. The van der Waals surface area contributed by atoms with Gasteiger partial charge in [0, 0.05) is 24.3 Å². The summed E-state index contributed by atoms with van der Waals surface area (Å²) in [6.45, 7) is 2.24. The molecule has 1 N–H and O–H groups in total. The molecule has 0 bridgehead atoms. The fourth-order valence-corrected chi connectivity index (χ4v) is 4.45. The van der Waals surface area contributed by atoms with Gasteiger partial charge in [-0.05, 0) is 49.7 Å². The number of hydrogen-bond donors (Lipinski definition) is 1. The van der Waals surface area contributed by atoms with Gasteiger partial charge in [0.2, 0.25) is 21.8 Å². The number of hydrogen-bond acceptors (Lipinski definition) is 4. The van der Waals surface area contributed by atoms with E-state index in [4.69, 9.17) is 0 Å². The van der Waals surface area contributed by atoms with Gasteiger partial charge in [0.25, 0.3) is 0 Å². The monoisotopic (exact) mass is 401 g/mol. The highest BCUT2D eigenvalue weighted by Crippen LogP contribution is 2.24. The molecule has 7 nitrogen and oxygen atoms in total. The molecule has 1 fully saturated rings. The van der Waals surface area contributed by atoms with Crippen LogP contribution in [0, 0.1) is 0 Å². The second-order valence-electron chi connectivity index (χ2n) is 6.76. The number of anilines is 3. The maximum absolute atomic E-state index is 12.7. The Morgan fingerprint density at radius 2 is 1.75 bits per heavy atom. The summed E-state index contributed by atoms with van der Waals surface area (Å²) in [5.74, 6) is -0.351. The van der Waals surface area contributed by atoms with Crippen LogP contribution in [-0.2, 0) is 19.6 Å². The fourth-order valence-electron chi connectivity index (χ4n) is 3.28. The molecule has 28 heavy (non-hydrogen) atoms. The zero-order valence-electron chi connectivity index (χ0n) is 15.8. The van der Waals surface area contributed by atoms with Crippen molar-refractivity contribution in [2.45, 2.75) is 25.8 Å². The first-order chi connectivity index (χ1) is 13.3. The lowest BCUT2D eigenvalue weighted by Gasteiger charge is -2.28. The van der Waals surface area contributed by atoms with Crippen LogP contribution < -0.4 is 14.5 Å². The van der Waals surface area contributed by atoms with Gasteiger partial charge < -0.3 is 10.2 Å². The number of carbonyl (C=O) groups is 2. The molecule has 8 heteroatoms. The standard InChI is InChI=1S/C20H23N3O4S/c1-15(23(28(2,26)27)18-7-4-3-5-8-18)20(25)21-16-10-12-17(13-11-16)22-14-6-9-19(22)24/h3-5,7-8,10-13,15H,6,9,14H2,1-2H3,(H,21,25). The normalized spacial score (nSPS) is 15.4. The van der Waals surface area contributed by atoms with E-state index in [2.05, 4.69) is 5.32 Å². The number of nitrogens with one attached hydrogen (secondary N) is 1. The molecule has 0 aromatic heterocycles. The molecule has 0 aliphatic carbocycles. The zero-order chi connectivity index (χ0) is 20.3. The molecule has 2 aromatic carbocycles. The second kappa shape index (κ2) is 8.02. The second-order valence-corrected chi connectivity index (χ2v) is 8.61. The predicted octanol–water partition coefficient (Wildman–Crippen LogP) is 2.61. The summed E-state index contributed by atoms with van der Waals surface area (Å²) >= 11 is 0. The van der Waals surface area contributed by atoms with Crippen LogP contribution in [0.2, 0.25) is 0 Å². The van der Waals surface area contributed by atoms with Crippen molar-refractivity contribution in [1.82, 2.24) is 0 Å². The molecule has 1 atom stereocenters. The van der Waals surface area contributed by atoms with Gasteiger partial charge >= 0.3 is 0 Å². The number of benzene rings is 2. The lowest BCUT2D eigenvalue weighted by molar-refractivity contribution is -0.117. The maximum Gasteiger partial charge on any atom is 0.247 e. The summed E-state index contributed by atoms with van der Waals surface area (Å²) in [7, 11) is -3.65. The minimum absolute atomic E-state index is 0.0945. The molecule has 1 aliphatic heterocycles. The van der Waals surface area contributed by atoms with Crippen LogP contribution in [0.3, 0.4) is 0 Å². The zero-order valence-corrected chi connectivity index (χ0v) is 16.6. The van der Waals surface area contributed by atoms with Crippen LogP contribution >= 0.6 is 0 Å². The Bertz CT molecular complexity index is 959. The van der Waals surface area contributed by atoms with Crippen molar-refractivity contribution >= 4 is 38.9 Å². The molecule has 0 radical (unpaired) electrons. The van der Waals surface area contributed by atoms with Crippen molar-refractivity contribution in [1.29, 1.82) is 0 Å². The Labute approximate surface area is 165 Å². The maximum atomic E-state index is 12.7. The molecule has 0 saturated carbocycles. The smallest absolute Gasteiger partial charge is 0.247 e. The molecule has 148 valence electrons. The average molecular weight is 401 g/mol. The molecule has 1 unspecified atom stereocenters. The van der Waals surface area contributed by atoms with Gasteiger partial charge in [-0.2, -0.15) is 0 Å². The first-order valence-electron chi connectivity index (χ1n) is 9.03. The van der Waals surface area contributed by atoms with Crippen LogP contribution in [0.1, 0.15) is 19.8 Å². The van der Waals surface area contributed by atoms with Crippen molar-refractivity contribution < 1.29 is 18.0 Å². The van der Waals surface area contributed by atoms with Crippen molar-refractivity contribution in [3.8, 4) is 0 Å². The van der Waals surface area contributed by atoms with E-state index in [-0.39, 0.29) is 5.91 Å². The third-order valence-electron chi connectivity index (χ3n) is 4.62. The van der Waals surface area contributed by atoms with Gasteiger partial charge in [-0.15, -0.1) is 0 Å². The van der Waals surface area contributed by atoms with Gasteiger partial charge in [-0.25, -0.2) is 8.42 Å². The van der Waals surface area contributed by atoms with Gasteiger partial charge in [0.1, 0.15) is 6.04 Å². The number of carbonyl (C=O) groups excluding carboxylic acids is 2. The highest BCUT2D eigenvalue weighted by molar-refractivity contribution is 7.92. The number of rotatable bonds is 6. The molecule has 2 aromatic rings. The number of nitrogens with zero attached hydrogens (tertiary/aromatic N) is 2. The summed E-state index contributed by atoms with van der Waals surface area (Å²) in [6, 6.07) is 14.5. The topological polar surface area (TPSA) is 86.8 Å². The number of sulfonamides is 1. The van der Waals surface area contributed by atoms with Crippen LogP contribution in [0.4, 0.5) is 17.1 Å². The van der Waals surface area contributed by atoms with E-state index >= 15 is 0 Å². The summed E-state index contributed by atoms with van der Waals surface area (Å²) in [5.41, 5.74) is 1.75. The van der Waals surface area contributed by atoms with E-state index in [9.17, 15) is 18.0 Å². The first kappa shape index (κ1) is 19.9. The molecular formula is C20H23N3O4S. The molecule has 1 saturated heterocycles. The number of para-hydroxylation sites is 1. The van der Waals surface area contributed by atoms with E-state index in [1.165, 1.54) is 0 Å². The largest absolute Gasteiger partial charge is 0.324 e. The van der Waals surface area contributed by atoms with E-state index < -0.39 is 22.0 Å². The van der Waals surface area contributed by atoms with Gasteiger partial charge in [0.05, 0.1) is 11.9 Å². The third kappa shape index (κ3) is 4.33.